The molecule has 0 bridgehead atoms. The Labute approximate surface area is 154 Å². The summed E-state index contributed by atoms with van der Waals surface area (Å²) in [5.41, 5.74) is -0.759. The smallest absolute Gasteiger partial charge is 0.420 e. The Hall–Kier alpha value is -2.85. The van der Waals surface area contributed by atoms with Gasteiger partial charge in [0.2, 0.25) is 0 Å². The number of halogens is 3. The lowest BCUT2D eigenvalue weighted by Gasteiger charge is -2.16. The van der Waals surface area contributed by atoms with Crippen molar-refractivity contribution >= 4 is 27.9 Å². The van der Waals surface area contributed by atoms with Gasteiger partial charge in [0.25, 0.3) is 11.3 Å². The maximum Gasteiger partial charge on any atom is 0.420 e. The van der Waals surface area contributed by atoms with Crippen LogP contribution in [0.2, 0.25) is 0 Å². The van der Waals surface area contributed by atoms with Crippen molar-refractivity contribution in [1.29, 1.82) is 0 Å². The summed E-state index contributed by atoms with van der Waals surface area (Å²) in [6.07, 6.45) is -3.31. The van der Waals surface area contributed by atoms with Crippen LogP contribution in [0, 0.1) is 0 Å². The Balaban J connectivity index is 2.05. The monoisotopic (exact) mass is 398 g/mol. The van der Waals surface area contributed by atoms with Crippen LogP contribution in [0.3, 0.4) is 0 Å². The number of nitrogens with zero attached hydrogens (tertiary/aromatic N) is 1. The van der Waals surface area contributed by atoms with E-state index in [2.05, 4.69) is 4.98 Å². The maximum atomic E-state index is 13.4. The molecule has 0 spiro atoms. The van der Waals surface area contributed by atoms with Gasteiger partial charge in [0.1, 0.15) is 22.8 Å². The minimum Gasteiger partial charge on any atom is -0.497 e. The molecule has 142 valence electrons. The Bertz CT molecular complexity index is 1010. The maximum absolute atomic E-state index is 13.4. The molecule has 3 rings (SSSR count). The molecular formula is C17H13F3N2O4S. The first-order chi connectivity index (χ1) is 12.8. The molecule has 0 radical (unpaired) electrons. The molecule has 10 heteroatoms. The van der Waals surface area contributed by atoms with Gasteiger partial charge < -0.3 is 9.47 Å². The van der Waals surface area contributed by atoms with Crippen molar-refractivity contribution in [3.8, 4) is 17.2 Å². The molecule has 0 fully saturated rings. The number of benzene rings is 2. The lowest BCUT2D eigenvalue weighted by molar-refractivity contribution is -0.138. The summed E-state index contributed by atoms with van der Waals surface area (Å²) in [6, 6.07) is 9.36. The average molecular weight is 398 g/mol. The number of alkyl halides is 3. The normalized spacial score (nSPS) is 12.6. The summed E-state index contributed by atoms with van der Waals surface area (Å²) in [6.45, 7) is 0. The molecule has 0 saturated heterocycles. The first kappa shape index (κ1) is 18.9. The van der Waals surface area contributed by atoms with E-state index >= 15 is 0 Å². The molecular weight excluding hydrogens is 385 g/mol. The van der Waals surface area contributed by atoms with E-state index in [1.54, 1.807) is 18.2 Å². The van der Waals surface area contributed by atoms with Crippen molar-refractivity contribution in [1.82, 2.24) is 4.98 Å². The number of aromatic nitrogens is 1. The van der Waals surface area contributed by atoms with Crippen LogP contribution in [0.1, 0.15) is 5.56 Å². The lowest BCUT2D eigenvalue weighted by atomic mass is 10.1. The second kappa shape index (κ2) is 7.41. The molecule has 27 heavy (non-hydrogen) atoms. The van der Waals surface area contributed by atoms with Gasteiger partial charge in [0.15, 0.2) is 0 Å². The standard InChI is InChI=1S/C17H13F3N2O4S/c1-25-11-3-4-12-14(9-11)21-7-6-15(12)26-16-5-2-10(22-27(23)24)8-13(16)17(18,19)20/h2-9,22H,1H3,(H,23,24). The van der Waals surface area contributed by atoms with Crippen LogP contribution in [0.25, 0.3) is 10.9 Å². The van der Waals surface area contributed by atoms with Gasteiger partial charge in [-0.25, -0.2) is 4.21 Å². The van der Waals surface area contributed by atoms with Crippen molar-refractivity contribution in [3.63, 3.8) is 0 Å². The Morgan fingerprint density at radius 3 is 2.56 bits per heavy atom. The summed E-state index contributed by atoms with van der Waals surface area (Å²) in [4.78, 5) is 4.16. The number of rotatable bonds is 5. The van der Waals surface area contributed by atoms with Crippen LogP contribution in [-0.2, 0) is 17.4 Å². The van der Waals surface area contributed by atoms with E-state index in [0.29, 0.717) is 22.7 Å². The van der Waals surface area contributed by atoms with Crippen molar-refractivity contribution in [3.05, 3.63) is 54.2 Å². The molecule has 0 amide bonds. The van der Waals surface area contributed by atoms with E-state index < -0.39 is 28.8 Å². The molecule has 3 aromatic rings. The third-order valence-electron chi connectivity index (χ3n) is 3.62. The fourth-order valence-electron chi connectivity index (χ4n) is 2.44. The zero-order valence-electron chi connectivity index (χ0n) is 13.8. The van der Waals surface area contributed by atoms with E-state index in [-0.39, 0.29) is 11.4 Å². The summed E-state index contributed by atoms with van der Waals surface area (Å²) < 4.78 is 72.4. The number of fused-ring (bicyclic) bond motifs is 1. The minimum absolute atomic E-state index is 0.167. The van der Waals surface area contributed by atoms with Gasteiger partial charge in [-0.2, -0.15) is 13.2 Å². The number of pyridine rings is 1. The molecule has 0 saturated carbocycles. The van der Waals surface area contributed by atoms with Crippen molar-refractivity contribution in [2.75, 3.05) is 11.8 Å². The highest BCUT2D eigenvalue weighted by Gasteiger charge is 2.35. The zero-order chi connectivity index (χ0) is 19.6. The molecule has 1 unspecified atom stereocenters. The summed E-state index contributed by atoms with van der Waals surface area (Å²) in [5, 5.41) is 0.505. The van der Waals surface area contributed by atoms with Crippen molar-refractivity contribution < 1.29 is 31.4 Å². The summed E-state index contributed by atoms with van der Waals surface area (Å²) in [7, 11) is 1.49. The Morgan fingerprint density at radius 1 is 1.11 bits per heavy atom. The van der Waals surface area contributed by atoms with Gasteiger partial charge in [-0.3, -0.25) is 14.3 Å². The predicted molar refractivity (Wildman–Crippen MR) is 94.2 cm³/mol. The molecule has 2 aromatic carbocycles. The molecule has 6 nitrogen and oxygen atoms in total. The van der Waals surface area contributed by atoms with Crippen molar-refractivity contribution in [2.24, 2.45) is 0 Å². The Kier molecular flexibility index (Phi) is 5.19. The highest BCUT2D eigenvalue weighted by molar-refractivity contribution is 7.80. The third-order valence-corrected chi connectivity index (χ3v) is 4.03. The number of hydrogen-bond donors (Lipinski definition) is 2. The third kappa shape index (κ3) is 4.29. The molecule has 0 aliphatic heterocycles. The quantitative estimate of drug-likeness (QED) is 0.614. The number of anilines is 1. The molecule has 1 atom stereocenters. The fourth-order valence-corrected chi connectivity index (χ4v) is 2.77. The van der Waals surface area contributed by atoms with Gasteiger partial charge in [0.05, 0.1) is 12.6 Å². The van der Waals surface area contributed by atoms with E-state index in [9.17, 15) is 17.4 Å². The van der Waals surface area contributed by atoms with Gasteiger partial charge >= 0.3 is 6.18 Å². The molecule has 0 aliphatic rings. The molecule has 1 aromatic heterocycles. The topological polar surface area (TPSA) is 80.7 Å². The second-order valence-corrected chi connectivity index (χ2v) is 6.06. The SMILES string of the molecule is COc1ccc2c(Oc3ccc(NS(=O)O)cc3C(F)(F)F)ccnc2c1. The predicted octanol–water partition coefficient (Wildman–Crippen LogP) is 4.60. The van der Waals surface area contributed by atoms with Crippen LogP contribution in [-0.4, -0.2) is 20.9 Å². The van der Waals surface area contributed by atoms with Gasteiger partial charge in [-0.15, -0.1) is 0 Å². The molecule has 1 heterocycles. The number of hydrogen-bond acceptors (Lipinski definition) is 4. The number of nitrogens with one attached hydrogen (secondary N) is 1. The average Bonchev–Trinajstić information content (AvgIpc) is 2.61. The first-order valence-electron chi connectivity index (χ1n) is 7.47. The molecule has 2 N–H and O–H groups in total. The molecule has 0 aliphatic carbocycles. The number of methoxy groups -OCH3 is 1. The van der Waals surface area contributed by atoms with Crippen LogP contribution >= 0.6 is 0 Å². The van der Waals surface area contributed by atoms with Crippen LogP contribution in [0.15, 0.2) is 48.7 Å². The largest absolute Gasteiger partial charge is 0.497 e. The van der Waals surface area contributed by atoms with E-state index in [0.717, 1.165) is 6.07 Å². The van der Waals surface area contributed by atoms with Gasteiger partial charge in [-0.1, -0.05) is 0 Å². The van der Waals surface area contributed by atoms with Gasteiger partial charge in [-0.05, 0) is 36.4 Å². The number of ether oxygens (including phenoxy) is 2. The lowest BCUT2D eigenvalue weighted by Crippen LogP contribution is -2.09. The minimum atomic E-state index is -4.73. The summed E-state index contributed by atoms with van der Waals surface area (Å²) >= 11 is -2.50. The highest BCUT2D eigenvalue weighted by Crippen LogP contribution is 2.41. The van der Waals surface area contributed by atoms with Crippen LogP contribution in [0.5, 0.6) is 17.2 Å². The van der Waals surface area contributed by atoms with Crippen molar-refractivity contribution in [2.45, 2.75) is 6.18 Å². The van der Waals surface area contributed by atoms with Crippen LogP contribution in [0.4, 0.5) is 18.9 Å². The van der Waals surface area contributed by atoms with Gasteiger partial charge in [0, 0.05) is 23.3 Å². The van der Waals surface area contributed by atoms with E-state index in [1.807, 2.05) is 4.72 Å². The second-order valence-electron chi connectivity index (χ2n) is 5.35. The highest BCUT2D eigenvalue weighted by atomic mass is 32.2. The summed E-state index contributed by atoms with van der Waals surface area (Å²) in [5.74, 6) is 0.287. The zero-order valence-corrected chi connectivity index (χ0v) is 14.6. The first-order valence-corrected chi connectivity index (χ1v) is 8.58. The van der Waals surface area contributed by atoms with E-state index in [1.165, 1.54) is 25.4 Å². The Morgan fingerprint density at radius 2 is 1.89 bits per heavy atom. The van der Waals surface area contributed by atoms with Crippen LogP contribution < -0.4 is 14.2 Å². The van der Waals surface area contributed by atoms with E-state index in [4.69, 9.17) is 14.0 Å². The fraction of sp³-hybridized carbons (Fsp3) is 0.118.